The van der Waals surface area contributed by atoms with Crippen LogP contribution in [-0.2, 0) is 21.2 Å². The first-order chi connectivity index (χ1) is 13.4. The number of fused-ring (bicyclic) bond motifs is 1. The minimum absolute atomic E-state index is 0.0849. The van der Waals surface area contributed by atoms with Gasteiger partial charge in [-0.1, -0.05) is 29.8 Å². The molecule has 1 amide bonds. The normalized spacial score (nSPS) is 19.4. The monoisotopic (exact) mass is 420 g/mol. The molecule has 1 fully saturated rings. The summed E-state index contributed by atoms with van der Waals surface area (Å²) >= 11 is 5.90. The van der Waals surface area contributed by atoms with Crippen molar-refractivity contribution in [3.8, 4) is 0 Å². The largest absolute Gasteiger partial charge is 0.444 e. The standard InChI is InChI=1S/C20H21ClN2O4S/c21-16-7-9-18(10-8-16)28(25,26)23-14-17(13-15-5-1-2-6-19(15)23)27-20(24)22-11-3-4-12-22/h1-2,5-10,17H,3-4,11-14H2. The zero-order chi connectivity index (χ0) is 19.7. The van der Waals surface area contributed by atoms with Gasteiger partial charge >= 0.3 is 6.09 Å². The van der Waals surface area contributed by atoms with E-state index >= 15 is 0 Å². The van der Waals surface area contributed by atoms with Crippen LogP contribution in [0.5, 0.6) is 0 Å². The van der Waals surface area contributed by atoms with E-state index in [1.54, 1.807) is 29.2 Å². The molecule has 0 radical (unpaired) electrons. The molecule has 148 valence electrons. The van der Waals surface area contributed by atoms with E-state index in [1.165, 1.54) is 16.4 Å². The highest BCUT2D eigenvalue weighted by atomic mass is 35.5. The van der Waals surface area contributed by atoms with Gasteiger partial charge in [0.05, 0.1) is 17.1 Å². The summed E-state index contributed by atoms with van der Waals surface area (Å²) in [7, 11) is -3.81. The molecule has 0 N–H and O–H groups in total. The lowest BCUT2D eigenvalue weighted by Gasteiger charge is -2.35. The second-order valence-corrected chi connectivity index (χ2v) is 9.32. The van der Waals surface area contributed by atoms with Crippen LogP contribution in [-0.4, -0.2) is 45.1 Å². The van der Waals surface area contributed by atoms with Crippen molar-refractivity contribution < 1.29 is 17.9 Å². The second-order valence-electron chi connectivity index (χ2n) is 7.02. The molecule has 2 aromatic carbocycles. The third-order valence-electron chi connectivity index (χ3n) is 5.11. The van der Waals surface area contributed by atoms with E-state index in [2.05, 4.69) is 0 Å². The fraction of sp³-hybridized carbons (Fsp3) is 0.350. The minimum atomic E-state index is -3.81. The summed E-state index contributed by atoms with van der Waals surface area (Å²) in [6, 6.07) is 13.4. The lowest BCUT2D eigenvalue weighted by Crippen LogP contribution is -2.45. The predicted molar refractivity (Wildman–Crippen MR) is 107 cm³/mol. The quantitative estimate of drug-likeness (QED) is 0.759. The van der Waals surface area contributed by atoms with Gasteiger partial charge in [0.25, 0.3) is 10.0 Å². The van der Waals surface area contributed by atoms with Gasteiger partial charge in [-0.25, -0.2) is 13.2 Å². The van der Waals surface area contributed by atoms with Crippen LogP contribution >= 0.6 is 11.6 Å². The van der Waals surface area contributed by atoms with Gasteiger partial charge in [0, 0.05) is 24.5 Å². The first-order valence-electron chi connectivity index (χ1n) is 9.27. The molecule has 2 aliphatic rings. The molecule has 0 aliphatic carbocycles. The van der Waals surface area contributed by atoms with Crippen LogP contribution in [0.15, 0.2) is 53.4 Å². The first kappa shape index (κ1) is 19.1. The average Bonchev–Trinajstić information content (AvgIpc) is 3.23. The molecule has 2 heterocycles. The van der Waals surface area contributed by atoms with Crippen molar-refractivity contribution in [3.63, 3.8) is 0 Å². The maximum atomic E-state index is 13.3. The number of amides is 1. The molecule has 1 atom stereocenters. The Morgan fingerprint density at radius 3 is 2.43 bits per heavy atom. The van der Waals surface area contributed by atoms with Gasteiger partial charge in [-0.05, 0) is 48.7 Å². The number of para-hydroxylation sites is 1. The molecular weight excluding hydrogens is 400 g/mol. The lowest BCUT2D eigenvalue weighted by molar-refractivity contribution is 0.0711. The van der Waals surface area contributed by atoms with Crippen LogP contribution < -0.4 is 4.31 Å². The number of carbonyl (C=O) groups is 1. The summed E-state index contributed by atoms with van der Waals surface area (Å²) in [6.07, 6.45) is 1.53. The molecule has 6 nitrogen and oxygen atoms in total. The van der Waals surface area contributed by atoms with E-state index in [1.807, 2.05) is 12.1 Å². The number of halogens is 1. The van der Waals surface area contributed by atoms with Gasteiger partial charge in [0.2, 0.25) is 0 Å². The summed E-state index contributed by atoms with van der Waals surface area (Å²) in [5.74, 6) is 0. The molecule has 2 aliphatic heterocycles. The molecule has 8 heteroatoms. The van der Waals surface area contributed by atoms with E-state index in [0.29, 0.717) is 30.2 Å². The highest BCUT2D eigenvalue weighted by molar-refractivity contribution is 7.92. The highest BCUT2D eigenvalue weighted by Gasteiger charge is 2.35. The fourth-order valence-electron chi connectivity index (χ4n) is 3.68. The van der Waals surface area contributed by atoms with E-state index in [4.69, 9.17) is 16.3 Å². The van der Waals surface area contributed by atoms with Crippen molar-refractivity contribution >= 4 is 33.4 Å². The zero-order valence-electron chi connectivity index (χ0n) is 15.3. The number of anilines is 1. The Bertz CT molecular complexity index is 972. The van der Waals surface area contributed by atoms with Crippen LogP contribution in [0.3, 0.4) is 0 Å². The Balaban J connectivity index is 1.63. The Kier molecular flexibility index (Phi) is 5.21. The van der Waals surface area contributed by atoms with Crippen LogP contribution in [0.25, 0.3) is 0 Å². The molecule has 0 saturated carbocycles. The topological polar surface area (TPSA) is 66.9 Å². The second kappa shape index (κ2) is 7.64. The number of sulfonamides is 1. The molecule has 0 spiro atoms. The molecule has 1 saturated heterocycles. The van der Waals surface area contributed by atoms with Crippen molar-refractivity contribution in [1.29, 1.82) is 0 Å². The number of likely N-dealkylation sites (tertiary alicyclic amines) is 1. The van der Waals surface area contributed by atoms with E-state index in [9.17, 15) is 13.2 Å². The molecule has 28 heavy (non-hydrogen) atoms. The zero-order valence-corrected chi connectivity index (χ0v) is 16.8. The van der Waals surface area contributed by atoms with Crippen molar-refractivity contribution in [2.75, 3.05) is 23.9 Å². The van der Waals surface area contributed by atoms with Crippen LogP contribution in [0.4, 0.5) is 10.5 Å². The summed E-state index contributed by atoms with van der Waals surface area (Å²) in [4.78, 5) is 14.2. The van der Waals surface area contributed by atoms with Crippen molar-refractivity contribution in [1.82, 2.24) is 4.90 Å². The summed E-state index contributed by atoms with van der Waals surface area (Å²) in [6.45, 7) is 1.46. The molecule has 0 bridgehead atoms. The van der Waals surface area contributed by atoms with Gasteiger partial charge < -0.3 is 9.64 Å². The first-order valence-corrected chi connectivity index (χ1v) is 11.1. The smallest absolute Gasteiger partial charge is 0.410 e. The van der Waals surface area contributed by atoms with Gasteiger partial charge in [0.15, 0.2) is 0 Å². The molecular formula is C20H21ClN2O4S. The van der Waals surface area contributed by atoms with Gasteiger partial charge in [-0.3, -0.25) is 4.31 Å². The van der Waals surface area contributed by atoms with Gasteiger partial charge in [-0.2, -0.15) is 0 Å². The minimum Gasteiger partial charge on any atom is -0.444 e. The lowest BCUT2D eigenvalue weighted by atomic mass is 10.0. The van der Waals surface area contributed by atoms with Crippen LogP contribution in [0.1, 0.15) is 18.4 Å². The summed E-state index contributed by atoms with van der Waals surface area (Å²) in [5.41, 5.74) is 1.46. The number of rotatable bonds is 3. The Labute approximate surface area is 169 Å². The van der Waals surface area contributed by atoms with E-state index in [-0.39, 0.29) is 17.5 Å². The van der Waals surface area contributed by atoms with Gasteiger partial charge in [0.1, 0.15) is 6.10 Å². The number of hydrogen-bond donors (Lipinski definition) is 0. The third kappa shape index (κ3) is 3.69. The van der Waals surface area contributed by atoms with E-state index < -0.39 is 16.1 Å². The average molecular weight is 421 g/mol. The SMILES string of the molecule is O=C(OC1Cc2ccccc2N(S(=O)(=O)c2ccc(Cl)cc2)C1)N1CCCC1. The molecule has 4 rings (SSSR count). The van der Waals surface area contributed by atoms with Crippen molar-refractivity contribution in [2.24, 2.45) is 0 Å². The fourth-order valence-corrected chi connectivity index (χ4v) is 5.34. The molecule has 2 aromatic rings. The Morgan fingerprint density at radius 1 is 1.04 bits per heavy atom. The predicted octanol–water partition coefficient (Wildman–Crippen LogP) is 3.69. The van der Waals surface area contributed by atoms with Crippen LogP contribution in [0, 0.1) is 0 Å². The molecule has 1 unspecified atom stereocenters. The Hall–Kier alpha value is -2.25. The molecule has 0 aromatic heterocycles. The number of benzene rings is 2. The third-order valence-corrected chi connectivity index (χ3v) is 7.16. The Morgan fingerprint density at radius 2 is 1.71 bits per heavy atom. The number of hydrogen-bond acceptors (Lipinski definition) is 4. The highest BCUT2D eigenvalue weighted by Crippen LogP contribution is 2.33. The summed E-state index contributed by atoms with van der Waals surface area (Å²) < 4.78 is 33.6. The van der Waals surface area contributed by atoms with Crippen molar-refractivity contribution in [2.45, 2.75) is 30.3 Å². The van der Waals surface area contributed by atoms with Gasteiger partial charge in [-0.15, -0.1) is 0 Å². The summed E-state index contributed by atoms with van der Waals surface area (Å²) in [5, 5.41) is 0.468. The van der Waals surface area contributed by atoms with Crippen molar-refractivity contribution in [3.05, 3.63) is 59.1 Å². The van der Waals surface area contributed by atoms with Crippen LogP contribution in [0.2, 0.25) is 5.02 Å². The van der Waals surface area contributed by atoms with E-state index in [0.717, 1.165) is 18.4 Å². The maximum Gasteiger partial charge on any atom is 0.410 e. The number of ether oxygens (including phenoxy) is 1. The maximum absolute atomic E-state index is 13.3. The number of nitrogens with zero attached hydrogens (tertiary/aromatic N) is 2. The number of carbonyl (C=O) groups excluding carboxylic acids is 1.